The first-order valence-corrected chi connectivity index (χ1v) is 11.1. The molecule has 0 heterocycles. The molecule has 1 fully saturated rings. The van der Waals surface area contributed by atoms with Crippen molar-refractivity contribution in [2.24, 2.45) is 0 Å². The molecule has 6 nitrogen and oxygen atoms in total. The van der Waals surface area contributed by atoms with Crippen molar-refractivity contribution in [3.63, 3.8) is 0 Å². The van der Waals surface area contributed by atoms with E-state index in [2.05, 4.69) is 10.6 Å². The molecule has 0 aromatic heterocycles. The second kappa shape index (κ2) is 12.3. The van der Waals surface area contributed by atoms with Crippen LogP contribution in [0.3, 0.4) is 0 Å². The Morgan fingerprint density at radius 3 is 2.33 bits per heavy atom. The van der Waals surface area contributed by atoms with Crippen LogP contribution < -0.4 is 10.6 Å². The summed E-state index contributed by atoms with van der Waals surface area (Å²) in [6.07, 6.45) is 8.20. The van der Waals surface area contributed by atoms with Gasteiger partial charge in [0.15, 0.2) is 5.12 Å². The number of rotatable bonds is 9. The molecule has 0 aliphatic heterocycles. The van der Waals surface area contributed by atoms with E-state index in [1.807, 2.05) is 0 Å². The molecule has 0 aromatic carbocycles. The molecule has 1 rings (SSSR count). The van der Waals surface area contributed by atoms with Gasteiger partial charge in [-0.3, -0.25) is 9.59 Å². The van der Waals surface area contributed by atoms with Crippen LogP contribution in [0.4, 0.5) is 4.79 Å². The maximum atomic E-state index is 12.7. The van der Waals surface area contributed by atoms with Gasteiger partial charge in [0.2, 0.25) is 5.91 Å². The molecule has 0 spiro atoms. The van der Waals surface area contributed by atoms with Crippen LogP contribution in [0.2, 0.25) is 0 Å². The predicted molar refractivity (Wildman–Crippen MR) is 110 cm³/mol. The zero-order chi connectivity index (χ0) is 20.3. The molecule has 0 unspecified atom stereocenters. The maximum absolute atomic E-state index is 12.7. The van der Waals surface area contributed by atoms with Crippen LogP contribution in [-0.2, 0) is 14.3 Å². The van der Waals surface area contributed by atoms with Gasteiger partial charge >= 0.3 is 6.09 Å². The van der Waals surface area contributed by atoms with Crippen molar-refractivity contribution in [3.05, 3.63) is 0 Å². The zero-order valence-electron chi connectivity index (χ0n) is 17.3. The summed E-state index contributed by atoms with van der Waals surface area (Å²) in [5, 5.41) is 5.97. The molecule has 0 bridgehead atoms. The molecule has 0 aromatic rings. The van der Waals surface area contributed by atoms with Crippen molar-refractivity contribution >= 4 is 28.9 Å². The lowest BCUT2D eigenvalue weighted by molar-refractivity contribution is -0.124. The van der Waals surface area contributed by atoms with E-state index in [1.54, 1.807) is 27.7 Å². The van der Waals surface area contributed by atoms with Gasteiger partial charge in [-0.2, -0.15) is 0 Å². The molecule has 0 radical (unpaired) electrons. The minimum Gasteiger partial charge on any atom is -0.444 e. The van der Waals surface area contributed by atoms with Gasteiger partial charge in [0.1, 0.15) is 11.6 Å². The molecule has 27 heavy (non-hydrogen) atoms. The van der Waals surface area contributed by atoms with Gasteiger partial charge in [0.25, 0.3) is 0 Å². The van der Waals surface area contributed by atoms with E-state index < -0.39 is 17.7 Å². The van der Waals surface area contributed by atoms with Crippen molar-refractivity contribution in [2.45, 2.75) is 103 Å². The number of alkyl carbamates (subject to hydrolysis) is 1. The van der Waals surface area contributed by atoms with Crippen LogP contribution in [0.15, 0.2) is 0 Å². The second-order valence-electron chi connectivity index (χ2n) is 8.23. The van der Waals surface area contributed by atoms with Crippen molar-refractivity contribution in [2.75, 3.05) is 5.75 Å². The molecule has 1 aliphatic carbocycles. The normalized spacial score (nSPS) is 16.4. The number of nitrogens with one attached hydrogen (secondary N) is 2. The average Bonchev–Trinajstić information content (AvgIpc) is 2.55. The van der Waals surface area contributed by atoms with E-state index in [0.29, 0.717) is 6.42 Å². The van der Waals surface area contributed by atoms with Gasteiger partial charge in [-0.1, -0.05) is 43.9 Å². The van der Waals surface area contributed by atoms with Gasteiger partial charge in [-0.05, 0) is 46.5 Å². The van der Waals surface area contributed by atoms with Gasteiger partial charge < -0.3 is 15.4 Å². The molecular formula is C20H36N2O4S. The third-order valence-electron chi connectivity index (χ3n) is 4.40. The van der Waals surface area contributed by atoms with Gasteiger partial charge in [-0.25, -0.2) is 4.79 Å². The molecule has 2 N–H and O–H groups in total. The Morgan fingerprint density at radius 1 is 1.07 bits per heavy atom. The molecular weight excluding hydrogens is 364 g/mol. The number of carbonyl (C=O) groups excluding carboxylic acids is 3. The number of hydrogen-bond donors (Lipinski definition) is 2. The van der Waals surface area contributed by atoms with E-state index in [-0.39, 0.29) is 17.1 Å². The number of carbonyl (C=O) groups is 3. The van der Waals surface area contributed by atoms with E-state index in [9.17, 15) is 14.4 Å². The van der Waals surface area contributed by atoms with Crippen molar-refractivity contribution in [1.82, 2.24) is 10.6 Å². The first-order chi connectivity index (χ1) is 12.7. The number of amides is 2. The fourth-order valence-corrected chi connectivity index (χ4v) is 3.75. The van der Waals surface area contributed by atoms with Crippen LogP contribution in [0.5, 0.6) is 0 Å². The van der Waals surface area contributed by atoms with E-state index in [1.165, 1.54) is 18.2 Å². The fourth-order valence-electron chi connectivity index (χ4n) is 3.11. The zero-order valence-corrected chi connectivity index (χ0v) is 18.1. The average molecular weight is 401 g/mol. The van der Waals surface area contributed by atoms with Crippen molar-refractivity contribution in [3.8, 4) is 0 Å². The summed E-state index contributed by atoms with van der Waals surface area (Å²) in [7, 11) is 0. The largest absolute Gasteiger partial charge is 0.444 e. The van der Waals surface area contributed by atoms with Gasteiger partial charge in [-0.15, -0.1) is 0 Å². The Balaban J connectivity index is 2.49. The highest BCUT2D eigenvalue weighted by molar-refractivity contribution is 8.13. The number of ether oxygens (including phenoxy) is 1. The predicted octanol–water partition coefficient (Wildman–Crippen LogP) is 4.17. The fraction of sp³-hybridized carbons (Fsp3) is 0.850. The lowest BCUT2D eigenvalue weighted by Gasteiger charge is -2.27. The molecule has 0 saturated heterocycles. The summed E-state index contributed by atoms with van der Waals surface area (Å²) < 4.78 is 5.31. The molecule has 1 atom stereocenters. The second-order valence-corrected chi connectivity index (χ2v) is 9.50. The quantitative estimate of drug-likeness (QED) is 0.568. The molecule has 7 heteroatoms. The van der Waals surface area contributed by atoms with E-state index >= 15 is 0 Å². The summed E-state index contributed by atoms with van der Waals surface area (Å²) in [5.41, 5.74) is -0.599. The van der Waals surface area contributed by atoms with Crippen molar-refractivity contribution < 1.29 is 19.1 Å². The molecule has 1 saturated carbocycles. The minimum absolute atomic E-state index is 0.120. The van der Waals surface area contributed by atoms with Crippen LogP contribution in [0.25, 0.3) is 0 Å². The molecule has 1 aliphatic rings. The topological polar surface area (TPSA) is 84.5 Å². The lowest BCUT2D eigenvalue weighted by atomic mass is 9.95. The van der Waals surface area contributed by atoms with E-state index in [4.69, 9.17) is 4.74 Å². The summed E-state index contributed by atoms with van der Waals surface area (Å²) in [5.74, 6) is 0.680. The first kappa shape index (κ1) is 23.8. The lowest BCUT2D eigenvalue weighted by Crippen LogP contribution is -2.50. The highest BCUT2D eigenvalue weighted by Gasteiger charge is 2.26. The summed E-state index contributed by atoms with van der Waals surface area (Å²) in [4.78, 5) is 35.8. The Hall–Kier alpha value is -1.24. The standard InChI is InChI=1S/C20H36N2O4S/c1-15(23)27-14-10-6-9-13-17(22-19(25)26-20(2,3)4)18(24)21-16-11-7-5-8-12-16/h16-17H,5-14H2,1-4H3,(H,21,24)(H,22,25)/t17-/m0/s1. The van der Waals surface area contributed by atoms with E-state index in [0.717, 1.165) is 50.7 Å². The van der Waals surface area contributed by atoms with Gasteiger partial charge in [0.05, 0.1) is 0 Å². The summed E-state index contributed by atoms with van der Waals surface area (Å²) in [6.45, 7) is 6.98. The SMILES string of the molecule is CC(=O)SCCCCC[C@H](NC(=O)OC(C)(C)C)C(=O)NC1CCCCC1. The van der Waals surface area contributed by atoms with Crippen LogP contribution >= 0.6 is 11.8 Å². The summed E-state index contributed by atoms with van der Waals surface area (Å²) in [6, 6.07) is -0.372. The Labute approximate surface area is 167 Å². The molecule has 2 amide bonds. The minimum atomic E-state index is -0.599. The number of hydrogen-bond acceptors (Lipinski definition) is 5. The first-order valence-electron chi connectivity index (χ1n) is 10.1. The Morgan fingerprint density at radius 2 is 1.74 bits per heavy atom. The van der Waals surface area contributed by atoms with Crippen LogP contribution in [0.1, 0.15) is 85.5 Å². The number of thioether (sulfide) groups is 1. The highest BCUT2D eigenvalue weighted by Crippen LogP contribution is 2.18. The monoisotopic (exact) mass is 400 g/mol. The smallest absolute Gasteiger partial charge is 0.408 e. The maximum Gasteiger partial charge on any atom is 0.408 e. The highest BCUT2D eigenvalue weighted by atomic mass is 32.2. The van der Waals surface area contributed by atoms with Gasteiger partial charge in [0, 0.05) is 18.7 Å². The molecule has 156 valence electrons. The summed E-state index contributed by atoms with van der Waals surface area (Å²) >= 11 is 1.33. The van der Waals surface area contributed by atoms with Crippen LogP contribution in [-0.4, -0.2) is 40.6 Å². The van der Waals surface area contributed by atoms with Crippen molar-refractivity contribution in [1.29, 1.82) is 0 Å². The third-order valence-corrected chi connectivity index (χ3v) is 5.30. The number of unbranched alkanes of at least 4 members (excludes halogenated alkanes) is 2. The Kier molecular flexibility index (Phi) is 10.8. The Bertz CT molecular complexity index is 485. The van der Waals surface area contributed by atoms with Crippen LogP contribution in [0, 0.1) is 0 Å². The third kappa shape index (κ3) is 12.0.